The highest BCUT2D eigenvalue weighted by atomic mass is 16.5. The monoisotopic (exact) mass is 305 g/mol. The van der Waals surface area contributed by atoms with Crippen LogP contribution in [0.5, 0.6) is 0 Å². The molecule has 0 bridgehead atoms. The lowest BCUT2D eigenvalue weighted by molar-refractivity contribution is -0.140. The highest BCUT2D eigenvalue weighted by molar-refractivity contribution is 5.88. The third kappa shape index (κ3) is 4.21. The van der Waals surface area contributed by atoms with Crippen molar-refractivity contribution in [3.63, 3.8) is 0 Å². The van der Waals surface area contributed by atoms with Crippen LogP contribution in [0.15, 0.2) is 30.3 Å². The van der Waals surface area contributed by atoms with Crippen LogP contribution in [0, 0.1) is 5.41 Å². The standard InChI is InChI=1S/C15H19N3O4/c16-13(18-8-4-7-12(18)14(19)20)9-17-15(21)22-10-11-5-2-1-3-6-11/h1-3,5-6,12,16H,4,7-10H2,(H,17,21)(H,19,20). The van der Waals surface area contributed by atoms with Gasteiger partial charge in [-0.15, -0.1) is 0 Å². The van der Waals surface area contributed by atoms with Crippen molar-refractivity contribution < 1.29 is 19.4 Å². The second-order valence-corrected chi connectivity index (χ2v) is 5.05. The van der Waals surface area contributed by atoms with Crippen LogP contribution in [0.2, 0.25) is 0 Å². The van der Waals surface area contributed by atoms with Crippen molar-refractivity contribution in [2.45, 2.75) is 25.5 Å². The van der Waals surface area contributed by atoms with Gasteiger partial charge in [0.25, 0.3) is 0 Å². The molecular weight excluding hydrogens is 286 g/mol. The predicted molar refractivity (Wildman–Crippen MR) is 79.7 cm³/mol. The lowest BCUT2D eigenvalue weighted by Crippen LogP contribution is -2.45. The van der Waals surface area contributed by atoms with Gasteiger partial charge in [-0.25, -0.2) is 9.59 Å². The molecule has 1 aromatic carbocycles. The number of hydrogen-bond acceptors (Lipinski definition) is 4. The normalized spacial score (nSPS) is 17.1. The van der Waals surface area contributed by atoms with Gasteiger partial charge in [-0.3, -0.25) is 5.41 Å². The lowest BCUT2D eigenvalue weighted by Gasteiger charge is -2.24. The first-order chi connectivity index (χ1) is 10.6. The molecule has 118 valence electrons. The molecule has 0 radical (unpaired) electrons. The number of carbonyl (C=O) groups is 2. The summed E-state index contributed by atoms with van der Waals surface area (Å²) in [4.78, 5) is 24.1. The molecule has 1 unspecified atom stereocenters. The second-order valence-electron chi connectivity index (χ2n) is 5.05. The van der Waals surface area contributed by atoms with Crippen molar-refractivity contribution in [1.82, 2.24) is 10.2 Å². The fourth-order valence-electron chi connectivity index (χ4n) is 2.38. The Morgan fingerprint density at radius 3 is 2.77 bits per heavy atom. The maximum Gasteiger partial charge on any atom is 0.407 e. The van der Waals surface area contributed by atoms with E-state index in [1.165, 1.54) is 4.90 Å². The Labute approximate surface area is 128 Å². The molecule has 0 aliphatic carbocycles. The largest absolute Gasteiger partial charge is 0.480 e. The topological polar surface area (TPSA) is 103 Å². The van der Waals surface area contributed by atoms with Crippen molar-refractivity contribution >= 4 is 17.9 Å². The number of ether oxygens (including phenoxy) is 1. The number of carboxylic acid groups (broad SMARTS) is 1. The highest BCUT2D eigenvalue weighted by Gasteiger charge is 2.32. The number of rotatable bonds is 5. The van der Waals surface area contributed by atoms with E-state index >= 15 is 0 Å². The van der Waals surface area contributed by atoms with Crippen LogP contribution >= 0.6 is 0 Å². The summed E-state index contributed by atoms with van der Waals surface area (Å²) in [5.41, 5.74) is 0.873. The molecule has 1 aromatic rings. The number of nitrogens with zero attached hydrogens (tertiary/aromatic N) is 1. The molecular formula is C15H19N3O4. The number of likely N-dealkylation sites (tertiary alicyclic amines) is 1. The van der Waals surface area contributed by atoms with Crippen LogP contribution in [-0.4, -0.2) is 47.0 Å². The Kier molecular flexibility index (Phi) is 5.35. The molecule has 0 aromatic heterocycles. The molecule has 7 nitrogen and oxygen atoms in total. The van der Waals surface area contributed by atoms with E-state index in [-0.39, 0.29) is 19.0 Å². The maximum atomic E-state index is 11.6. The van der Waals surface area contributed by atoms with E-state index in [4.69, 9.17) is 15.3 Å². The Balaban J connectivity index is 1.74. The molecule has 0 spiro atoms. The van der Waals surface area contributed by atoms with Crippen molar-refractivity contribution in [3.8, 4) is 0 Å². The van der Waals surface area contributed by atoms with Gasteiger partial charge in [-0.05, 0) is 18.4 Å². The zero-order chi connectivity index (χ0) is 15.9. The Morgan fingerprint density at radius 2 is 2.09 bits per heavy atom. The first-order valence-corrected chi connectivity index (χ1v) is 7.09. The van der Waals surface area contributed by atoms with E-state index in [0.717, 1.165) is 12.0 Å². The minimum absolute atomic E-state index is 0.0442. The molecule has 1 aliphatic rings. The molecule has 1 heterocycles. The molecule has 3 N–H and O–H groups in total. The summed E-state index contributed by atoms with van der Waals surface area (Å²) in [6, 6.07) is 8.60. The number of amides is 1. The van der Waals surface area contributed by atoms with Crippen LogP contribution in [0.3, 0.4) is 0 Å². The van der Waals surface area contributed by atoms with Crippen molar-refractivity contribution in [2.24, 2.45) is 0 Å². The van der Waals surface area contributed by atoms with Gasteiger partial charge in [0.1, 0.15) is 18.5 Å². The fraction of sp³-hybridized carbons (Fsp3) is 0.400. The van der Waals surface area contributed by atoms with Gasteiger partial charge in [0.05, 0.1) is 6.54 Å². The molecule has 7 heteroatoms. The van der Waals surface area contributed by atoms with Crippen molar-refractivity contribution in [3.05, 3.63) is 35.9 Å². The summed E-state index contributed by atoms with van der Waals surface area (Å²) >= 11 is 0. The minimum Gasteiger partial charge on any atom is -0.480 e. The van der Waals surface area contributed by atoms with Crippen LogP contribution in [-0.2, 0) is 16.1 Å². The zero-order valence-electron chi connectivity index (χ0n) is 12.1. The van der Waals surface area contributed by atoms with Crippen molar-refractivity contribution in [1.29, 1.82) is 5.41 Å². The van der Waals surface area contributed by atoms with Crippen LogP contribution in [0.1, 0.15) is 18.4 Å². The molecule has 1 atom stereocenters. The summed E-state index contributed by atoms with van der Waals surface area (Å²) in [6.07, 6.45) is 0.633. The molecule has 1 saturated heterocycles. The first kappa shape index (κ1) is 15.8. The van der Waals surface area contributed by atoms with Crippen LogP contribution in [0.25, 0.3) is 0 Å². The highest BCUT2D eigenvalue weighted by Crippen LogP contribution is 2.17. The van der Waals surface area contributed by atoms with E-state index < -0.39 is 18.1 Å². The number of nitrogens with one attached hydrogen (secondary N) is 2. The second kappa shape index (κ2) is 7.44. The van der Waals surface area contributed by atoms with Gasteiger partial charge in [0.2, 0.25) is 0 Å². The fourth-order valence-corrected chi connectivity index (χ4v) is 2.38. The van der Waals surface area contributed by atoms with Crippen LogP contribution in [0.4, 0.5) is 4.79 Å². The van der Waals surface area contributed by atoms with E-state index in [0.29, 0.717) is 13.0 Å². The van der Waals surface area contributed by atoms with E-state index in [9.17, 15) is 9.59 Å². The van der Waals surface area contributed by atoms with Gasteiger partial charge in [-0.1, -0.05) is 30.3 Å². The summed E-state index contributed by atoms with van der Waals surface area (Å²) in [5.74, 6) is -0.851. The van der Waals surface area contributed by atoms with E-state index in [1.807, 2.05) is 30.3 Å². The number of aliphatic carboxylic acids is 1. The molecule has 1 aliphatic heterocycles. The Hall–Kier alpha value is -2.57. The van der Waals surface area contributed by atoms with Crippen molar-refractivity contribution in [2.75, 3.05) is 13.1 Å². The first-order valence-electron chi connectivity index (χ1n) is 7.09. The lowest BCUT2D eigenvalue weighted by atomic mass is 10.2. The minimum atomic E-state index is -0.936. The van der Waals surface area contributed by atoms with Gasteiger partial charge in [0.15, 0.2) is 0 Å². The number of carbonyl (C=O) groups excluding carboxylic acids is 1. The quantitative estimate of drug-likeness (QED) is 0.564. The number of alkyl carbamates (subject to hydrolysis) is 1. The van der Waals surface area contributed by atoms with Gasteiger partial charge in [-0.2, -0.15) is 0 Å². The molecule has 0 saturated carbocycles. The Morgan fingerprint density at radius 1 is 1.36 bits per heavy atom. The number of carboxylic acids is 1. The molecule has 1 amide bonds. The molecule has 22 heavy (non-hydrogen) atoms. The predicted octanol–water partition coefficient (Wildman–Crippen LogP) is 1.44. The van der Waals surface area contributed by atoms with E-state index in [1.54, 1.807) is 0 Å². The average Bonchev–Trinajstić information content (AvgIpc) is 3.01. The number of amidine groups is 1. The third-order valence-corrected chi connectivity index (χ3v) is 3.50. The average molecular weight is 305 g/mol. The van der Waals surface area contributed by atoms with Gasteiger partial charge >= 0.3 is 12.1 Å². The summed E-state index contributed by atoms with van der Waals surface area (Å²) in [5, 5.41) is 19.4. The SMILES string of the molecule is N=C(CNC(=O)OCc1ccccc1)N1CCCC1C(=O)O. The summed E-state index contributed by atoms with van der Waals surface area (Å²) in [6.45, 7) is 0.634. The number of hydrogen-bond donors (Lipinski definition) is 3. The Bertz CT molecular complexity index is 547. The van der Waals surface area contributed by atoms with Crippen LogP contribution < -0.4 is 5.32 Å². The van der Waals surface area contributed by atoms with E-state index in [2.05, 4.69) is 5.32 Å². The summed E-state index contributed by atoms with van der Waals surface area (Å²) < 4.78 is 5.03. The zero-order valence-corrected chi connectivity index (χ0v) is 12.1. The molecule has 2 rings (SSSR count). The van der Waals surface area contributed by atoms with Gasteiger partial charge < -0.3 is 20.1 Å². The third-order valence-electron chi connectivity index (χ3n) is 3.50. The smallest absolute Gasteiger partial charge is 0.407 e. The maximum absolute atomic E-state index is 11.6. The van der Waals surface area contributed by atoms with Gasteiger partial charge in [0, 0.05) is 6.54 Å². The summed E-state index contributed by atoms with van der Waals surface area (Å²) in [7, 11) is 0. The molecule has 1 fully saturated rings. The number of benzene rings is 1.